The van der Waals surface area contributed by atoms with Crippen LogP contribution in [0.4, 0.5) is 0 Å². The number of fused-ring (bicyclic) bond motifs is 1. The minimum Gasteiger partial charge on any atom is -0.336 e. The lowest BCUT2D eigenvalue weighted by Gasteiger charge is -2.33. The number of sulfonamides is 1. The molecular formula is C21H24N2O3S2. The third kappa shape index (κ3) is 4.06. The van der Waals surface area contributed by atoms with E-state index in [1.54, 1.807) is 22.3 Å². The second-order valence-electron chi connectivity index (χ2n) is 7.21. The second kappa shape index (κ2) is 8.19. The van der Waals surface area contributed by atoms with E-state index in [1.165, 1.54) is 26.6 Å². The van der Waals surface area contributed by atoms with Crippen molar-refractivity contribution in [2.45, 2.75) is 25.7 Å². The van der Waals surface area contributed by atoms with Crippen LogP contribution in [0.15, 0.2) is 41.1 Å². The molecule has 2 aromatic rings. The Labute approximate surface area is 170 Å². The molecule has 0 spiro atoms. The number of piperazine rings is 1. The van der Waals surface area contributed by atoms with Gasteiger partial charge in [0.05, 0.1) is 5.56 Å². The van der Waals surface area contributed by atoms with E-state index in [0.29, 0.717) is 26.2 Å². The van der Waals surface area contributed by atoms with E-state index in [0.717, 1.165) is 30.4 Å². The molecule has 4 rings (SSSR count). The highest BCUT2D eigenvalue weighted by molar-refractivity contribution is 7.92. The molecule has 0 unspecified atom stereocenters. The summed E-state index contributed by atoms with van der Waals surface area (Å²) in [6, 6.07) is 9.38. The predicted molar refractivity (Wildman–Crippen MR) is 113 cm³/mol. The zero-order valence-electron chi connectivity index (χ0n) is 15.7. The Morgan fingerprint density at radius 1 is 1.00 bits per heavy atom. The molecule has 1 fully saturated rings. The lowest BCUT2D eigenvalue weighted by atomic mass is 9.95. The van der Waals surface area contributed by atoms with Gasteiger partial charge in [-0.2, -0.15) is 4.31 Å². The van der Waals surface area contributed by atoms with Crippen LogP contribution in [0.3, 0.4) is 0 Å². The summed E-state index contributed by atoms with van der Waals surface area (Å²) in [5, 5.41) is 3.25. The molecule has 28 heavy (non-hydrogen) atoms. The highest BCUT2D eigenvalue weighted by atomic mass is 32.2. The predicted octanol–water partition coefficient (Wildman–Crippen LogP) is 3.39. The highest BCUT2D eigenvalue weighted by Crippen LogP contribution is 2.31. The van der Waals surface area contributed by atoms with Crippen LogP contribution >= 0.6 is 11.3 Å². The van der Waals surface area contributed by atoms with E-state index in [4.69, 9.17) is 0 Å². The van der Waals surface area contributed by atoms with Crippen LogP contribution < -0.4 is 0 Å². The zero-order valence-corrected chi connectivity index (χ0v) is 17.3. The minimum atomic E-state index is -3.48. The van der Waals surface area contributed by atoms with E-state index in [1.807, 2.05) is 35.7 Å². The summed E-state index contributed by atoms with van der Waals surface area (Å²) in [6.45, 7) is 1.53. The zero-order chi connectivity index (χ0) is 19.6. The van der Waals surface area contributed by atoms with Crippen molar-refractivity contribution in [3.05, 3.63) is 62.7 Å². The van der Waals surface area contributed by atoms with Crippen LogP contribution in [0.5, 0.6) is 0 Å². The number of thiophene rings is 1. The second-order valence-corrected chi connectivity index (χ2v) is 9.99. The van der Waals surface area contributed by atoms with E-state index < -0.39 is 10.0 Å². The van der Waals surface area contributed by atoms with Gasteiger partial charge in [0.1, 0.15) is 0 Å². The minimum absolute atomic E-state index is 0.0521. The van der Waals surface area contributed by atoms with Gasteiger partial charge in [0.2, 0.25) is 10.0 Å². The number of benzene rings is 1. The molecule has 1 aliphatic carbocycles. The summed E-state index contributed by atoms with van der Waals surface area (Å²) in [6.07, 6.45) is 6.02. The number of hydrogen-bond acceptors (Lipinski definition) is 4. The van der Waals surface area contributed by atoms with Crippen molar-refractivity contribution in [2.75, 3.05) is 26.2 Å². The third-order valence-corrected chi connectivity index (χ3v) is 8.06. The summed E-state index contributed by atoms with van der Waals surface area (Å²) in [5.74, 6) is 0.0521. The first kappa shape index (κ1) is 19.4. The van der Waals surface area contributed by atoms with Gasteiger partial charge in [-0.25, -0.2) is 8.42 Å². The van der Waals surface area contributed by atoms with Crippen molar-refractivity contribution in [1.82, 2.24) is 9.21 Å². The summed E-state index contributed by atoms with van der Waals surface area (Å²) in [4.78, 5) is 16.1. The molecule has 5 nitrogen and oxygen atoms in total. The van der Waals surface area contributed by atoms with E-state index in [2.05, 4.69) is 0 Å². The molecule has 1 aliphatic heterocycles. The van der Waals surface area contributed by atoms with Crippen molar-refractivity contribution in [3.63, 3.8) is 0 Å². The summed E-state index contributed by atoms with van der Waals surface area (Å²) in [7, 11) is -3.48. The molecule has 1 amide bonds. The maximum atomic E-state index is 13.0. The SMILES string of the molecule is O=C(c1csc2c1CCCC2)N1CCN(S(=O)(=O)C=Cc2ccccc2)CC1. The Bertz CT molecular complexity index is 972. The van der Waals surface area contributed by atoms with Gasteiger partial charge in [-0.15, -0.1) is 11.3 Å². The number of rotatable bonds is 4. The molecule has 0 N–H and O–H groups in total. The first-order valence-electron chi connectivity index (χ1n) is 9.66. The average Bonchev–Trinajstić information content (AvgIpc) is 3.17. The van der Waals surface area contributed by atoms with E-state index in [-0.39, 0.29) is 5.91 Å². The fourth-order valence-corrected chi connectivity index (χ4v) is 6.10. The van der Waals surface area contributed by atoms with Crippen LogP contribution in [0, 0.1) is 0 Å². The Balaban J connectivity index is 1.39. The number of amides is 1. The van der Waals surface area contributed by atoms with Crippen molar-refractivity contribution >= 4 is 33.3 Å². The number of aryl methyl sites for hydroxylation is 1. The quantitative estimate of drug-likeness (QED) is 0.768. The normalized spacial score (nSPS) is 18.4. The van der Waals surface area contributed by atoms with Crippen LogP contribution in [0.2, 0.25) is 0 Å². The van der Waals surface area contributed by atoms with Crippen molar-refractivity contribution in [1.29, 1.82) is 0 Å². The molecule has 2 aliphatic rings. The Hall–Kier alpha value is -1.96. The number of carbonyl (C=O) groups is 1. The summed E-state index contributed by atoms with van der Waals surface area (Å²) >= 11 is 1.69. The number of nitrogens with zero attached hydrogens (tertiary/aromatic N) is 2. The maximum Gasteiger partial charge on any atom is 0.255 e. The molecule has 1 aromatic carbocycles. The van der Waals surface area contributed by atoms with Crippen LogP contribution in [0.25, 0.3) is 6.08 Å². The van der Waals surface area contributed by atoms with E-state index in [9.17, 15) is 13.2 Å². The Morgan fingerprint density at radius 2 is 1.71 bits per heavy atom. The summed E-state index contributed by atoms with van der Waals surface area (Å²) < 4.78 is 26.6. The van der Waals surface area contributed by atoms with Gasteiger partial charge in [-0.05, 0) is 42.9 Å². The smallest absolute Gasteiger partial charge is 0.255 e. The molecule has 148 valence electrons. The Kier molecular flexibility index (Phi) is 5.66. The molecule has 1 saturated heterocycles. The molecule has 0 radical (unpaired) electrons. The monoisotopic (exact) mass is 416 g/mol. The number of carbonyl (C=O) groups excluding carboxylic acids is 1. The van der Waals surface area contributed by atoms with E-state index >= 15 is 0 Å². The standard InChI is InChI=1S/C21H24N2O3S2/c24-21(19-16-27-20-9-5-4-8-18(19)20)22-11-13-23(14-12-22)28(25,26)15-10-17-6-2-1-3-7-17/h1-3,6-7,10,15-16H,4-5,8-9,11-14H2. The molecule has 0 bridgehead atoms. The van der Waals surface area contributed by atoms with Crippen LogP contribution in [-0.4, -0.2) is 49.7 Å². The molecule has 1 aromatic heterocycles. The van der Waals surface area contributed by atoms with Gasteiger partial charge in [0.25, 0.3) is 5.91 Å². The van der Waals surface area contributed by atoms with Crippen molar-refractivity contribution < 1.29 is 13.2 Å². The molecule has 0 saturated carbocycles. The fraction of sp³-hybridized carbons (Fsp3) is 0.381. The van der Waals surface area contributed by atoms with Crippen molar-refractivity contribution in [3.8, 4) is 0 Å². The van der Waals surface area contributed by atoms with Crippen molar-refractivity contribution in [2.24, 2.45) is 0 Å². The van der Waals surface area contributed by atoms with Gasteiger partial charge >= 0.3 is 0 Å². The first-order valence-corrected chi connectivity index (χ1v) is 12.0. The average molecular weight is 417 g/mol. The first-order chi connectivity index (χ1) is 13.5. The van der Waals surface area contributed by atoms with Crippen LogP contribution in [-0.2, 0) is 22.9 Å². The van der Waals surface area contributed by atoms with Gasteiger partial charge < -0.3 is 4.90 Å². The fourth-order valence-electron chi connectivity index (χ4n) is 3.80. The largest absolute Gasteiger partial charge is 0.336 e. The molecule has 7 heteroatoms. The third-order valence-electron chi connectivity index (χ3n) is 5.41. The lowest BCUT2D eigenvalue weighted by molar-refractivity contribution is 0.0698. The topological polar surface area (TPSA) is 57.7 Å². The van der Waals surface area contributed by atoms with Crippen LogP contribution in [0.1, 0.15) is 39.2 Å². The highest BCUT2D eigenvalue weighted by Gasteiger charge is 2.30. The van der Waals surface area contributed by atoms with Gasteiger partial charge in [-0.3, -0.25) is 4.79 Å². The Morgan fingerprint density at radius 3 is 2.46 bits per heavy atom. The molecule has 2 heterocycles. The lowest BCUT2D eigenvalue weighted by Crippen LogP contribution is -2.50. The summed E-state index contributed by atoms with van der Waals surface area (Å²) in [5.41, 5.74) is 2.91. The molecular weight excluding hydrogens is 392 g/mol. The van der Waals surface area contributed by atoms with Gasteiger partial charge in [0, 0.05) is 41.8 Å². The van der Waals surface area contributed by atoms with Gasteiger partial charge in [-0.1, -0.05) is 30.3 Å². The van der Waals surface area contributed by atoms with Gasteiger partial charge in [0.15, 0.2) is 0 Å². The number of hydrogen-bond donors (Lipinski definition) is 0. The molecule has 0 atom stereocenters. The maximum absolute atomic E-state index is 13.0.